The van der Waals surface area contributed by atoms with Crippen LogP contribution in [0.1, 0.15) is 94.2 Å². The molecule has 2 fully saturated rings. The van der Waals surface area contributed by atoms with Gasteiger partial charge in [0.25, 0.3) is 0 Å². The Morgan fingerprint density at radius 2 is 1.89 bits per heavy atom. The molecule has 5 rings (SSSR count). The highest BCUT2D eigenvalue weighted by atomic mass is 19.1. The van der Waals surface area contributed by atoms with E-state index in [2.05, 4.69) is 31.8 Å². The van der Waals surface area contributed by atoms with Crippen LogP contribution in [0.3, 0.4) is 0 Å². The molecule has 3 aromatic rings. The molecule has 0 atom stereocenters. The van der Waals surface area contributed by atoms with Gasteiger partial charge in [-0.25, -0.2) is 29.1 Å². The maximum Gasteiger partial charge on any atom is 0.374 e. The average molecular weight is 509 g/mol. The number of hydrogen-bond acceptors (Lipinski definition) is 6. The van der Waals surface area contributed by atoms with Crippen molar-refractivity contribution >= 4 is 23.0 Å². The number of carboxylic acid groups (broad SMARTS) is 1. The number of pyridine rings is 1. The van der Waals surface area contributed by atoms with Gasteiger partial charge in [-0.2, -0.15) is 0 Å². The number of nitrogens with zero attached hydrogens (tertiary/aromatic N) is 5. The van der Waals surface area contributed by atoms with Crippen LogP contribution >= 0.6 is 0 Å². The Kier molecular flexibility index (Phi) is 7.40. The molecule has 2 aliphatic carbocycles. The summed E-state index contributed by atoms with van der Waals surface area (Å²) < 4.78 is 16.6. The third-order valence-corrected chi connectivity index (χ3v) is 8.18. The van der Waals surface area contributed by atoms with Crippen molar-refractivity contribution in [2.24, 2.45) is 17.8 Å². The minimum atomic E-state index is -1.19. The Bertz CT molecular complexity index is 1280. The highest BCUT2D eigenvalue weighted by Gasteiger charge is 2.27. The quantitative estimate of drug-likeness (QED) is 0.350. The van der Waals surface area contributed by atoms with Crippen molar-refractivity contribution in [1.82, 2.24) is 24.5 Å². The van der Waals surface area contributed by atoms with E-state index in [1.54, 1.807) is 6.07 Å². The number of carbonyl (C=O) groups is 1. The van der Waals surface area contributed by atoms with Gasteiger partial charge in [-0.15, -0.1) is 0 Å². The van der Waals surface area contributed by atoms with Crippen molar-refractivity contribution in [3.8, 4) is 11.5 Å². The van der Waals surface area contributed by atoms with E-state index in [1.165, 1.54) is 38.3 Å². The standard InChI is InChI=1S/C28H37FN6O2/c1-16(2)20-13-22(31-14-21(20)29)27-34-25-23(35(27)15-19-9-7-17(3)8-10-19)24(32-26(33-25)28(36)37)30-12-11-18-5-4-6-18/h13-14,16-19H,4-12,15H2,1-3H3,(H,36,37)(H,30,32,33). The molecule has 0 saturated heterocycles. The first-order chi connectivity index (χ1) is 17.8. The molecule has 2 saturated carbocycles. The molecule has 0 radical (unpaired) electrons. The van der Waals surface area contributed by atoms with Gasteiger partial charge in [0.15, 0.2) is 17.3 Å². The summed E-state index contributed by atoms with van der Waals surface area (Å²) in [6.07, 6.45) is 10.7. The second kappa shape index (κ2) is 10.7. The van der Waals surface area contributed by atoms with Gasteiger partial charge in [0.1, 0.15) is 17.0 Å². The summed E-state index contributed by atoms with van der Waals surface area (Å²) in [4.78, 5) is 29.8. The predicted octanol–water partition coefficient (Wildman–Crippen LogP) is 6.28. The molecule has 0 unspecified atom stereocenters. The SMILES string of the molecule is CC1CCC(Cn2c(-c3cc(C(C)C)c(F)cn3)nc3nc(C(=O)O)nc(NCCC4CCC4)c32)CC1. The Morgan fingerprint density at radius 3 is 2.54 bits per heavy atom. The van der Waals surface area contributed by atoms with Gasteiger partial charge in [-0.05, 0) is 54.6 Å². The van der Waals surface area contributed by atoms with Crippen molar-refractivity contribution in [3.05, 3.63) is 29.5 Å². The molecule has 0 aromatic carbocycles. The fraction of sp³-hybridized carbons (Fsp3) is 0.607. The number of imidazole rings is 1. The molecule has 0 spiro atoms. The Morgan fingerprint density at radius 1 is 1.14 bits per heavy atom. The van der Waals surface area contributed by atoms with Crippen LogP contribution in [0.5, 0.6) is 0 Å². The van der Waals surface area contributed by atoms with Crippen LogP contribution in [0.2, 0.25) is 0 Å². The van der Waals surface area contributed by atoms with Gasteiger partial charge >= 0.3 is 5.97 Å². The second-order valence-corrected chi connectivity index (χ2v) is 11.3. The third kappa shape index (κ3) is 5.45. The number of halogens is 1. The first kappa shape index (κ1) is 25.5. The van der Waals surface area contributed by atoms with Gasteiger partial charge in [-0.1, -0.05) is 52.9 Å². The summed E-state index contributed by atoms with van der Waals surface area (Å²) in [5.74, 6) is 1.15. The molecular weight excluding hydrogens is 471 g/mol. The number of rotatable bonds is 9. The smallest absolute Gasteiger partial charge is 0.374 e. The van der Waals surface area contributed by atoms with Gasteiger partial charge in [-0.3, -0.25) is 0 Å². The zero-order chi connectivity index (χ0) is 26.1. The normalized spacial score (nSPS) is 20.4. The van der Waals surface area contributed by atoms with E-state index in [9.17, 15) is 14.3 Å². The first-order valence-corrected chi connectivity index (χ1v) is 13.7. The van der Waals surface area contributed by atoms with Crippen molar-refractivity contribution in [3.63, 3.8) is 0 Å². The highest BCUT2D eigenvalue weighted by molar-refractivity contribution is 5.92. The predicted molar refractivity (Wildman–Crippen MR) is 141 cm³/mol. The van der Waals surface area contributed by atoms with Crippen LogP contribution in [0.15, 0.2) is 12.3 Å². The Balaban J connectivity index is 1.61. The molecule has 3 aromatic heterocycles. The number of fused-ring (bicyclic) bond motifs is 1. The largest absolute Gasteiger partial charge is 0.475 e. The van der Waals surface area contributed by atoms with E-state index in [-0.39, 0.29) is 17.6 Å². The van der Waals surface area contributed by atoms with Crippen LogP contribution in [0.4, 0.5) is 10.2 Å². The number of aromatic carboxylic acids is 1. The number of anilines is 1. The van der Waals surface area contributed by atoms with Gasteiger partial charge in [0.05, 0.1) is 6.20 Å². The molecule has 3 heterocycles. The van der Waals surface area contributed by atoms with Crippen LogP contribution in [0, 0.1) is 23.6 Å². The summed E-state index contributed by atoms with van der Waals surface area (Å²) in [7, 11) is 0. The molecule has 0 amide bonds. The van der Waals surface area contributed by atoms with Crippen LogP contribution < -0.4 is 5.32 Å². The zero-order valence-electron chi connectivity index (χ0n) is 22.0. The maximum absolute atomic E-state index is 14.5. The molecule has 37 heavy (non-hydrogen) atoms. The lowest BCUT2D eigenvalue weighted by Gasteiger charge is -2.27. The van der Waals surface area contributed by atoms with E-state index in [0.717, 1.165) is 25.2 Å². The summed E-state index contributed by atoms with van der Waals surface area (Å²) in [5, 5.41) is 13.1. The summed E-state index contributed by atoms with van der Waals surface area (Å²) in [5.41, 5.74) is 2.16. The lowest BCUT2D eigenvalue weighted by Crippen LogP contribution is -2.20. The van der Waals surface area contributed by atoms with Crippen molar-refractivity contribution in [2.75, 3.05) is 11.9 Å². The molecule has 0 aliphatic heterocycles. The van der Waals surface area contributed by atoms with E-state index in [4.69, 9.17) is 4.98 Å². The highest BCUT2D eigenvalue weighted by Crippen LogP contribution is 2.35. The Labute approximate surface area is 217 Å². The number of hydrogen-bond donors (Lipinski definition) is 2. The monoisotopic (exact) mass is 508 g/mol. The third-order valence-electron chi connectivity index (χ3n) is 8.18. The van der Waals surface area contributed by atoms with E-state index in [0.29, 0.717) is 59.0 Å². The zero-order valence-corrected chi connectivity index (χ0v) is 22.0. The van der Waals surface area contributed by atoms with E-state index in [1.807, 2.05) is 13.8 Å². The number of aromatic nitrogens is 5. The summed E-state index contributed by atoms with van der Waals surface area (Å²) in [6.45, 7) is 7.62. The first-order valence-electron chi connectivity index (χ1n) is 13.7. The summed E-state index contributed by atoms with van der Waals surface area (Å²) >= 11 is 0. The van der Waals surface area contributed by atoms with E-state index >= 15 is 0 Å². The minimum Gasteiger partial charge on any atom is -0.475 e. The van der Waals surface area contributed by atoms with Crippen molar-refractivity contribution in [1.29, 1.82) is 0 Å². The fourth-order valence-electron chi connectivity index (χ4n) is 5.59. The number of nitrogens with one attached hydrogen (secondary N) is 1. The maximum atomic E-state index is 14.5. The van der Waals surface area contributed by atoms with Crippen molar-refractivity contribution < 1.29 is 14.3 Å². The number of carboxylic acids is 1. The van der Waals surface area contributed by atoms with Crippen LogP contribution in [-0.4, -0.2) is 42.1 Å². The minimum absolute atomic E-state index is 0.0125. The molecule has 8 nitrogen and oxygen atoms in total. The van der Waals surface area contributed by atoms with Crippen molar-refractivity contribution in [2.45, 2.75) is 84.6 Å². The van der Waals surface area contributed by atoms with Gasteiger partial charge in [0, 0.05) is 13.1 Å². The van der Waals surface area contributed by atoms with Crippen LogP contribution in [-0.2, 0) is 6.54 Å². The lowest BCUT2D eigenvalue weighted by atomic mass is 9.83. The molecule has 0 bridgehead atoms. The average Bonchev–Trinajstić information content (AvgIpc) is 3.20. The summed E-state index contributed by atoms with van der Waals surface area (Å²) in [6, 6.07) is 1.76. The molecule has 198 valence electrons. The van der Waals surface area contributed by atoms with E-state index < -0.39 is 5.97 Å². The molecule has 9 heteroatoms. The lowest BCUT2D eigenvalue weighted by molar-refractivity contribution is 0.0684. The molecule has 2 aliphatic rings. The molecule has 2 N–H and O–H groups in total. The second-order valence-electron chi connectivity index (χ2n) is 11.3. The fourth-order valence-corrected chi connectivity index (χ4v) is 5.59. The molecular formula is C28H37FN6O2. The van der Waals surface area contributed by atoms with Gasteiger partial charge in [0.2, 0.25) is 5.82 Å². The van der Waals surface area contributed by atoms with Crippen LogP contribution in [0.25, 0.3) is 22.7 Å². The Hall–Kier alpha value is -3.10. The topological polar surface area (TPSA) is 106 Å². The van der Waals surface area contributed by atoms with Gasteiger partial charge < -0.3 is 15.0 Å².